The van der Waals surface area contributed by atoms with Crippen LogP contribution in [0.4, 0.5) is 0 Å². The SMILES string of the molecule is CCN(CC(=O)NC(C)C)C(=O)c1cc(I)ccc1Br. The van der Waals surface area contributed by atoms with E-state index in [4.69, 9.17) is 0 Å². The number of rotatable bonds is 5. The molecule has 0 spiro atoms. The molecule has 2 amide bonds. The van der Waals surface area contributed by atoms with Crippen LogP contribution in [0.2, 0.25) is 0 Å². The Labute approximate surface area is 141 Å². The first kappa shape index (κ1) is 17.4. The molecule has 0 unspecified atom stereocenters. The molecule has 4 nitrogen and oxygen atoms in total. The van der Waals surface area contributed by atoms with Gasteiger partial charge in [0, 0.05) is 20.6 Å². The Balaban J connectivity index is 2.86. The molecule has 0 aliphatic carbocycles. The van der Waals surface area contributed by atoms with E-state index in [-0.39, 0.29) is 24.4 Å². The Kier molecular flexibility index (Phi) is 6.94. The van der Waals surface area contributed by atoms with Gasteiger partial charge in [-0.3, -0.25) is 9.59 Å². The molecular formula is C14H18BrIN2O2. The predicted octanol–water partition coefficient (Wildman–Crippen LogP) is 3.04. The third-order valence-electron chi connectivity index (χ3n) is 2.61. The Morgan fingerprint density at radius 1 is 1.40 bits per heavy atom. The molecule has 0 radical (unpaired) electrons. The summed E-state index contributed by atoms with van der Waals surface area (Å²) in [6.45, 7) is 6.22. The Morgan fingerprint density at radius 3 is 2.60 bits per heavy atom. The van der Waals surface area contributed by atoms with Crippen molar-refractivity contribution >= 4 is 50.3 Å². The first-order valence-corrected chi connectivity index (χ1v) is 8.26. The first-order chi connectivity index (χ1) is 9.35. The van der Waals surface area contributed by atoms with Crippen molar-refractivity contribution in [3.63, 3.8) is 0 Å². The van der Waals surface area contributed by atoms with E-state index in [1.54, 1.807) is 0 Å². The van der Waals surface area contributed by atoms with Crippen LogP contribution in [0.5, 0.6) is 0 Å². The number of hydrogen-bond acceptors (Lipinski definition) is 2. The molecule has 0 saturated heterocycles. The van der Waals surface area contributed by atoms with Crippen LogP contribution < -0.4 is 5.32 Å². The van der Waals surface area contributed by atoms with Crippen molar-refractivity contribution in [2.24, 2.45) is 0 Å². The molecule has 20 heavy (non-hydrogen) atoms. The maximum atomic E-state index is 12.5. The second-order valence-corrected chi connectivity index (χ2v) is 6.77. The van der Waals surface area contributed by atoms with Crippen LogP contribution in [0.3, 0.4) is 0 Å². The lowest BCUT2D eigenvalue weighted by Crippen LogP contribution is -2.42. The van der Waals surface area contributed by atoms with Crippen LogP contribution in [0.15, 0.2) is 22.7 Å². The van der Waals surface area contributed by atoms with E-state index in [1.165, 1.54) is 4.90 Å². The minimum atomic E-state index is -0.142. The van der Waals surface area contributed by atoms with Crippen LogP contribution in [0.25, 0.3) is 0 Å². The summed E-state index contributed by atoms with van der Waals surface area (Å²) in [5.41, 5.74) is 0.580. The highest BCUT2D eigenvalue weighted by molar-refractivity contribution is 14.1. The van der Waals surface area contributed by atoms with E-state index in [1.807, 2.05) is 39.0 Å². The fourth-order valence-electron chi connectivity index (χ4n) is 1.70. The van der Waals surface area contributed by atoms with Gasteiger partial charge in [0.2, 0.25) is 5.91 Å². The van der Waals surface area contributed by atoms with Gasteiger partial charge in [0.25, 0.3) is 5.91 Å². The van der Waals surface area contributed by atoms with Crippen LogP contribution in [0, 0.1) is 3.57 Å². The van der Waals surface area contributed by atoms with E-state index in [9.17, 15) is 9.59 Å². The van der Waals surface area contributed by atoms with E-state index in [0.29, 0.717) is 12.1 Å². The summed E-state index contributed by atoms with van der Waals surface area (Å²) in [6.07, 6.45) is 0. The van der Waals surface area contributed by atoms with Crippen LogP contribution in [0.1, 0.15) is 31.1 Å². The fraction of sp³-hybridized carbons (Fsp3) is 0.429. The van der Waals surface area contributed by atoms with Gasteiger partial charge >= 0.3 is 0 Å². The topological polar surface area (TPSA) is 49.4 Å². The number of amides is 2. The summed E-state index contributed by atoms with van der Waals surface area (Å²) in [5, 5.41) is 2.79. The van der Waals surface area contributed by atoms with Crippen molar-refractivity contribution in [3.05, 3.63) is 31.8 Å². The summed E-state index contributed by atoms with van der Waals surface area (Å²) < 4.78 is 1.72. The molecule has 0 aliphatic rings. The highest BCUT2D eigenvalue weighted by Crippen LogP contribution is 2.21. The summed E-state index contributed by atoms with van der Waals surface area (Å²) in [6, 6.07) is 5.65. The largest absolute Gasteiger partial charge is 0.352 e. The molecule has 6 heteroatoms. The van der Waals surface area contributed by atoms with Crippen LogP contribution in [-0.2, 0) is 4.79 Å². The number of halogens is 2. The van der Waals surface area contributed by atoms with Gasteiger partial charge in [0.15, 0.2) is 0 Å². The second-order valence-electron chi connectivity index (χ2n) is 4.67. The summed E-state index contributed by atoms with van der Waals surface area (Å²) in [5.74, 6) is -0.284. The van der Waals surface area contributed by atoms with Crippen molar-refractivity contribution in [2.45, 2.75) is 26.8 Å². The lowest BCUT2D eigenvalue weighted by Gasteiger charge is -2.22. The Morgan fingerprint density at radius 2 is 2.05 bits per heavy atom. The van der Waals surface area contributed by atoms with Crippen LogP contribution >= 0.6 is 38.5 Å². The number of benzene rings is 1. The summed E-state index contributed by atoms with van der Waals surface area (Å²) >= 11 is 5.55. The lowest BCUT2D eigenvalue weighted by molar-refractivity contribution is -0.122. The monoisotopic (exact) mass is 452 g/mol. The second kappa shape index (κ2) is 7.97. The van der Waals surface area contributed by atoms with Crippen molar-refractivity contribution < 1.29 is 9.59 Å². The molecule has 1 aromatic carbocycles. The zero-order chi connectivity index (χ0) is 15.3. The van der Waals surface area contributed by atoms with E-state index >= 15 is 0 Å². The lowest BCUT2D eigenvalue weighted by atomic mass is 10.2. The van der Waals surface area contributed by atoms with Crippen molar-refractivity contribution in [1.82, 2.24) is 10.2 Å². The fourth-order valence-corrected chi connectivity index (χ4v) is 2.61. The molecule has 0 aromatic heterocycles. The number of carbonyl (C=O) groups excluding carboxylic acids is 2. The third-order valence-corrected chi connectivity index (χ3v) is 3.97. The van der Waals surface area contributed by atoms with E-state index in [2.05, 4.69) is 43.8 Å². The van der Waals surface area contributed by atoms with Crippen LogP contribution in [-0.4, -0.2) is 35.8 Å². The van der Waals surface area contributed by atoms with Gasteiger partial charge in [0.05, 0.1) is 12.1 Å². The number of likely N-dealkylation sites (N-methyl/N-ethyl adjacent to an activating group) is 1. The van der Waals surface area contributed by atoms with Gasteiger partial charge in [-0.25, -0.2) is 0 Å². The molecule has 0 saturated carbocycles. The molecule has 1 rings (SSSR count). The predicted molar refractivity (Wildman–Crippen MR) is 91.7 cm³/mol. The molecule has 1 N–H and O–H groups in total. The molecule has 1 aromatic rings. The molecule has 0 bridgehead atoms. The average molecular weight is 453 g/mol. The Hall–Kier alpha value is -0.630. The minimum absolute atomic E-state index is 0.0701. The number of carbonyl (C=O) groups is 2. The highest BCUT2D eigenvalue weighted by Gasteiger charge is 2.19. The van der Waals surface area contributed by atoms with Gasteiger partial charge in [0.1, 0.15) is 0 Å². The standard InChI is InChI=1S/C14H18BrIN2O2/c1-4-18(8-13(19)17-9(2)3)14(20)11-7-10(16)5-6-12(11)15/h5-7,9H,4,8H2,1-3H3,(H,17,19). The van der Waals surface area contributed by atoms with Gasteiger partial charge in [-0.2, -0.15) is 0 Å². The van der Waals surface area contributed by atoms with E-state index < -0.39 is 0 Å². The first-order valence-electron chi connectivity index (χ1n) is 6.38. The molecule has 110 valence electrons. The van der Waals surface area contributed by atoms with E-state index in [0.717, 1.165) is 8.04 Å². The molecular weight excluding hydrogens is 435 g/mol. The zero-order valence-electron chi connectivity index (χ0n) is 11.7. The maximum Gasteiger partial charge on any atom is 0.255 e. The minimum Gasteiger partial charge on any atom is -0.352 e. The third kappa shape index (κ3) is 5.05. The average Bonchev–Trinajstić information content (AvgIpc) is 2.37. The molecule has 0 fully saturated rings. The summed E-state index contributed by atoms with van der Waals surface area (Å²) in [4.78, 5) is 25.8. The number of nitrogens with one attached hydrogen (secondary N) is 1. The van der Waals surface area contributed by atoms with Gasteiger partial charge < -0.3 is 10.2 Å². The van der Waals surface area contributed by atoms with Gasteiger partial charge in [-0.15, -0.1) is 0 Å². The van der Waals surface area contributed by atoms with Gasteiger partial charge in [-0.1, -0.05) is 0 Å². The van der Waals surface area contributed by atoms with Gasteiger partial charge in [-0.05, 0) is 77.5 Å². The normalized spacial score (nSPS) is 10.5. The summed E-state index contributed by atoms with van der Waals surface area (Å²) in [7, 11) is 0. The van der Waals surface area contributed by atoms with Crippen molar-refractivity contribution in [3.8, 4) is 0 Å². The Bertz CT molecular complexity index is 506. The quantitative estimate of drug-likeness (QED) is 0.698. The maximum absolute atomic E-state index is 12.5. The zero-order valence-corrected chi connectivity index (χ0v) is 15.5. The molecule has 0 heterocycles. The number of nitrogens with zero attached hydrogens (tertiary/aromatic N) is 1. The van der Waals surface area contributed by atoms with Crippen molar-refractivity contribution in [2.75, 3.05) is 13.1 Å². The van der Waals surface area contributed by atoms with Crippen molar-refractivity contribution in [1.29, 1.82) is 0 Å². The number of hydrogen-bond donors (Lipinski definition) is 1. The molecule has 0 aliphatic heterocycles. The highest BCUT2D eigenvalue weighted by atomic mass is 127. The molecule has 0 atom stereocenters. The smallest absolute Gasteiger partial charge is 0.255 e.